The summed E-state index contributed by atoms with van der Waals surface area (Å²) in [4.78, 5) is 3.99. The minimum atomic E-state index is -0.458. The van der Waals surface area contributed by atoms with E-state index in [1.807, 2.05) is 0 Å². The molecule has 84 valence electrons. The fourth-order valence-electron chi connectivity index (χ4n) is 1.40. The normalized spacial score (nSPS) is 10.8. The molecule has 0 atom stereocenters. The van der Waals surface area contributed by atoms with Crippen LogP contribution < -0.4 is 4.74 Å². The molecule has 0 N–H and O–H groups in total. The summed E-state index contributed by atoms with van der Waals surface area (Å²) in [6.07, 6.45) is 1.39. The summed E-state index contributed by atoms with van der Waals surface area (Å²) in [6, 6.07) is 2.79. The Hall–Kier alpha value is -1.06. The highest BCUT2D eigenvalue weighted by atomic mass is 35.5. The number of halogens is 3. The zero-order chi connectivity index (χ0) is 11.7. The van der Waals surface area contributed by atoms with Crippen LogP contribution in [0.25, 0.3) is 10.9 Å². The SMILES string of the molecule is CCOc1cc2c(Cl)c(Cl)cnc2cc1F. The van der Waals surface area contributed by atoms with Crippen molar-refractivity contribution in [2.24, 2.45) is 0 Å². The number of hydrogen-bond donors (Lipinski definition) is 0. The van der Waals surface area contributed by atoms with Crippen LogP contribution in [0.1, 0.15) is 6.92 Å². The molecule has 0 saturated heterocycles. The van der Waals surface area contributed by atoms with Crippen LogP contribution in [-0.2, 0) is 0 Å². The quantitative estimate of drug-likeness (QED) is 0.811. The average molecular weight is 260 g/mol. The molecule has 0 saturated carbocycles. The van der Waals surface area contributed by atoms with Crippen molar-refractivity contribution in [2.75, 3.05) is 6.61 Å². The van der Waals surface area contributed by atoms with Crippen molar-refractivity contribution in [1.82, 2.24) is 4.98 Å². The van der Waals surface area contributed by atoms with Crippen molar-refractivity contribution in [3.63, 3.8) is 0 Å². The Morgan fingerprint density at radius 3 is 2.81 bits per heavy atom. The largest absolute Gasteiger partial charge is 0.491 e. The van der Waals surface area contributed by atoms with Gasteiger partial charge in [0.1, 0.15) is 0 Å². The van der Waals surface area contributed by atoms with Gasteiger partial charge in [-0.1, -0.05) is 23.2 Å². The Morgan fingerprint density at radius 1 is 1.38 bits per heavy atom. The Morgan fingerprint density at radius 2 is 2.12 bits per heavy atom. The molecule has 2 nitrogen and oxygen atoms in total. The molecule has 5 heteroatoms. The lowest BCUT2D eigenvalue weighted by atomic mass is 10.2. The summed E-state index contributed by atoms with van der Waals surface area (Å²) in [5.74, 6) is -0.304. The van der Waals surface area contributed by atoms with Gasteiger partial charge in [-0.3, -0.25) is 4.98 Å². The van der Waals surface area contributed by atoms with Gasteiger partial charge in [0.05, 0.1) is 22.2 Å². The fourth-order valence-corrected chi connectivity index (χ4v) is 1.75. The smallest absolute Gasteiger partial charge is 0.167 e. The van der Waals surface area contributed by atoms with Crippen molar-refractivity contribution >= 4 is 34.1 Å². The van der Waals surface area contributed by atoms with Gasteiger partial charge in [0, 0.05) is 17.6 Å². The lowest BCUT2D eigenvalue weighted by molar-refractivity contribution is 0.322. The van der Waals surface area contributed by atoms with E-state index in [4.69, 9.17) is 27.9 Å². The highest BCUT2D eigenvalue weighted by molar-refractivity contribution is 6.45. The number of nitrogens with zero attached hydrogens (tertiary/aromatic N) is 1. The predicted octanol–water partition coefficient (Wildman–Crippen LogP) is 4.08. The molecule has 0 spiro atoms. The highest BCUT2D eigenvalue weighted by Crippen LogP contribution is 2.32. The summed E-state index contributed by atoms with van der Waals surface area (Å²) in [5.41, 5.74) is 0.454. The van der Waals surface area contributed by atoms with E-state index < -0.39 is 5.82 Å². The summed E-state index contributed by atoms with van der Waals surface area (Å²) in [5, 5.41) is 1.27. The first-order valence-corrected chi connectivity index (χ1v) is 5.45. The standard InChI is InChI=1S/C11H8Cl2FNO/c1-2-16-10-3-6-9(4-8(10)14)15-5-7(12)11(6)13/h3-5H,2H2,1H3. The van der Waals surface area contributed by atoms with Crippen molar-refractivity contribution in [2.45, 2.75) is 6.92 Å². The molecule has 2 aromatic rings. The summed E-state index contributed by atoms with van der Waals surface area (Å²) >= 11 is 11.8. The number of rotatable bonds is 2. The topological polar surface area (TPSA) is 22.1 Å². The fraction of sp³-hybridized carbons (Fsp3) is 0.182. The van der Waals surface area contributed by atoms with Crippen molar-refractivity contribution in [1.29, 1.82) is 0 Å². The first kappa shape index (κ1) is 11.4. The van der Waals surface area contributed by atoms with Crippen molar-refractivity contribution in [3.8, 4) is 5.75 Å². The first-order chi connectivity index (χ1) is 7.63. The Labute approximate surface area is 102 Å². The maximum absolute atomic E-state index is 13.5. The minimum absolute atomic E-state index is 0.154. The molecule has 1 aromatic carbocycles. The number of aromatic nitrogens is 1. The molecule has 16 heavy (non-hydrogen) atoms. The Bertz CT molecular complexity index is 545. The zero-order valence-electron chi connectivity index (χ0n) is 8.43. The van der Waals surface area contributed by atoms with Gasteiger partial charge in [0.25, 0.3) is 0 Å². The molecule has 0 bridgehead atoms. The van der Waals surface area contributed by atoms with E-state index in [1.54, 1.807) is 6.92 Å². The molecule has 0 amide bonds. The molecule has 1 heterocycles. The predicted molar refractivity (Wildman–Crippen MR) is 62.9 cm³/mol. The van der Waals surface area contributed by atoms with Gasteiger partial charge in [0.2, 0.25) is 0 Å². The number of hydrogen-bond acceptors (Lipinski definition) is 2. The maximum atomic E-state index is 13.5. The molecular weight excluding hydrogens is 252 g/mol. The highest BCUT2D eigenvalue weighted by Gasteiger charge is 2.10. The van der Waals surface area contributed by atoms with Crippen LogP contribution >= 0.6 is 23.2 Å². The average Bonchev–Trinajstić information content (AvgIpc) is 2.26. The summed E-state index contributed by atoms with van der Waals surface area (Å²) in [7, 11) is 0. The molecule has 0 unspecified atom stereocenters. The molecule has 0 radical (unpaired) electrons. The second-order valence-electron chi connectivity index (χ2n) is 3.15. The molecule has 1 aromatic heterocycles. The molecule has 0 aliphatic rings. The number of pyridine rings is 1. The maximum Gasteiger partial charge on any atom is 0.167 e. The van der Waals surface area contributed by atoms with Crippen LogP contribution in [0.5, 0.6) is 5.75 Å². The third-order valence-corrected chi connectivity index (χ3v) is 2.90. The van der Waals surface area contributed by atoms with Crippen LogP contribution in [0.3, 0.4) is 0 Å². The van der Waals surface area contributed by atoms with Crippen LogP contribution in [0.4, 0.5) is 4.39 Å². The van der Waals surface area contributed by atoms with Gasteiger partial charge < -0.3 is 4.74 Å². The first-order valence-electron chi connectivity index (χ1n) is 4.69. The number of fused-ring (bicyclic) bond motifs is 1. The lowest BCUT2D eigenvalue weighted by Crippen LogP contribution is -1.95. The third kappa shape index (κ3) is 1.93. The van der Waals surface area contributed by atoms with Gasteiger partial charge >= 0.3 is 0 Å². The molecular formula is C11H8Cl2FNO. The molecule has 0 aliphatic carbocycles. The van der Waals surface area contributed by atoms with Crippen LogP contribution in [0.15, 0.2) is 18.3 Å². The Kier molecular flexibility index (Phi) is 3.17. The van der Waals surface area contributed by atoms with E-state index in [0.717, 1.165) is 0 Å². The molecule has 2 rings (SSSR count). The van der Waals surface area contributed by atoms with E-state index >= 15 is 0 Å². The van der Waals surface area contributed by atoms with E-state index in [9.17, 15) is 4.39 Å². The number of ether oxygens (including phenoxy) is 1. The number of benzene rings is 1. The minimum Gasteiger partial charge on any atom is -0.491 e. The van der Waals surface area contributed by atoms with Gasteiger partial charge in [-0.15, -0.1) is 0 Å². The van der Waals surface area contributed by atoms with Crippen LogP contribution in [-0.4, -0.2) is 11.6 Å². The van der Waals surface area contributed by atoms with E-state index in [1.165, 1.54) is 18.3 Å². The van der Waals surface area contributed by atoms with Crippen molar-refractivity contribution in [3.05, 3.63) is 34.2 Å². The Balaban J connectivity index is 2.70. The van der Waals surface area contributed by atoms with Crippen molar-refractivity contribution < 1.29 is 9.13 Å². The molecule has 0 aliphatic heterocycles. The molecule has 0 fully saturated rings. The zero-order valence-corrected chi connectivity index (χ0v) is 9.94. The third-order valence-electron chi connectivity index (χ3n) is 2.11. The van der Waals surface area contributed by atoms with E-state index in [2.05, 4.69) is 4.98 Å². The summed E-state index contributed by atoms with van der Waals surface area (Å²) < 4.78 is 18.6. The van der Waals surface area contributed by atoms with E-state index in [-0.39, 0.29) is 5.75 Å². The lowest BCUT2D eigenvalue weighted by Gasteiger charge is -2.07. The van der Waals surface area contributed by atoms with Gasteiger partial charge in [-0.25, -0.2) is 4.39 Å². The summed E-state index contributed by atoms with van der Waals surface area (Å²) in [6.45, 7) is 2.16. The van der Waals surface area contributed by atoms with Crippen LogP contribution in [0.2, 0.25) is 10.0 Å². The van der Waals surface area contributed by atoms with Gasteiger partial charge in [-0.2, -0.15) is 0 Å². The van der Waals surface area contributed by atoms with E-state index in [0.29, 0.717) is 27.6 Å². The monoisotopic (exact) mass is 259 g/mol. The van der Waals surface area contributed by atoms with Crippen LogP contribution in [0, 0.1) is 5.82 Å². The van der Waals surface area contributed by atoms with Gasteiger partial charge in [-0.05, 0) is 13.0 Å². The second kappa shape index (κ2) is 4.44. The second-order valence-corrected chi connectivity index (χ2v) is 3.94. The van der Waals surface area contributed by atoms with Gasteiger partial charge in [0.15, 0.2) is 11.6 Å².